The molecule has 1 N–H and O–H groups in total. The minimum Gasteiger partial charge on any atom is -0.487 e. The second kappa shape index (κ2) is 6.47. The standard InChI is InChI=1S/C15H14N2O3/c1-11(19)17-13-5-2-4-12(8-13)10-20-15-6-3-7-16-14(15)9-18/h2-9H,10H2,1H3,(H,17,19). The monoisotopic (exact) mass is 270 g/mol. The van der Waals surface area contributed by atoms with Gasteiger partial charge in [-0.2, -0.15) is 0 Å². The van der Waals surface area contributed by atoms with E-state index in [0.717, 1.165) is 5.56 Å². The lowest BCUT2D eigenvalue weighted by Crippen LogP contribution is -2.06. The number of carbonyl (C=O) groups excluding carboxylic acids is 2. The quantitative estimate of drug-likeness (QED) is 0.847. The molecule has 0 fully saturated rings. The van der Waals surface area contributed by atoms with Crippen LogP contribution in [0.3, 0.4) is 0 Å². The molecule has 2 rings (SSSR count). The van der Waals surface area contributed by atoms with E-state index in [1.807, 2.05) is 18.2 Å². The van der Waals surface area contributed by atoms with E-state index in [9.17, 15) is 9.59 Å². The number of benzene rings is 1. The summed E-state index contributed by atoms with van der Waals surface area (Å²) in [6, 6.07) is 10.7. The number of carbonyl (C=O) groups is 2. The number of hydrogen-bond donors (Lipinski definition) is 1. The summed E-state index contributed by atoms with van der Waals surface area (Å²) >= 11 is 0. The third-order valence-electron chi connectivity index (χ3n) is 2.55. The highest BCUT2D eigenvalue weighted by molar-refractivity contribution is 5.88. The molecule has 0 radical (unpaired) electrons. The molecule has 0 atom stereocenters. The van der Waals surface area contributed by atoms with E-state index in [1.165, 1.54) is 13.1 Å². The van der Waals surface area contributed by atoms with Gasteiger partial charge in [-0.3, -0.25) is 9.59 Å². The Kier molecular flexibility index (Phi) is 4.44. The first-order valence-corrected chi connectivity index (χ1v) is 6.08. The molecule has 0 aliphatic heterocycles. The zero-order valence-corrected chi connectivity index (χ0v) is 11.0. The second-order valence-electron chi connectivity index (χ2n) is 4.17. The summed E-state index contributed by atoms with van der Waals surface area (Å²) in [5.74, 6) is 0.311. The molecule has 0 saturated heterocycles. The Balaban J connectivity index is 2.07. The van der Waals surface area contributed by atoms with Crippen LogP contribution in [0.5, 0.6) is 5.75 Å². The Labute approximate surface area is 116 Å². The van der Waals surface area contributed by atoms with Crippen molar-refractivity contribution < 1.29 is 14.3 Å². The molecular formula is C15H14N2O3. The first-order chi connectivity index (χ1) is 9.69. The fourth-order valence-corrected chi connectivity index (χ4v) is 1.72. The van der Waals surface area contributed by atoms with E-state index in [4.69, 9.17) is 4.74 Å². The van der Waals surface area contributed by atoms with Crippen molar-refractivity contribution in [3.8, 4) is 5.75 Å². The molecule has 0 spiro atoms. The van der Waals surface area contributed by atoms with Gasteiger partial charge in [0.15, 0.2) is 6.29 Å². The Morgan fingerprint density at radius 3 is 2.95 bits per heavy atom. The average molecular weight is 270 g/mol. The van der Waals surface area contributed by atoms with Crippen LogP contribution in [0.2, 0.25) is 0 Å². The van der Waals surface area contributed by atoms with E-state index in [2.05, 4.69) is 10.3 Å². The number of anilines is 1. The second-order valence-corrected chi connectivity index (χ2v) is 4.17. The maximum atomic E-state index is 11.0. The largest absolute Gasteiger partial charge is 0.487 e. The maximum absolute atomic E-state index is 11.0. The summed E-state index contributed by atoms with van der Waals surface area (Å²) in [4.78, 5) is 25.7. The van der Waals surface area contributed by atoms with Crippen molar-refractivity contribution in [2.75, 3.05) is 5.32 Å². The van der Waals surface area contributed by atoms with E-state index in [-0.39, 0.29) is 11.6 Å². The van der Waals surface area contributed by atoms with Gasteiger partial charge in [0.25, 0.3) is 0 Å². The van der Waals surface area contributed by atoms with Crippen LogP contribution in [0, 0.1) is 0 Å². The van der Waals surface area contributed by atoms with Crippen LogP contribution in [0.1, 0.15) is 23.0 Å². The summed E-state index contributed by atoms with van der Waals surface area (Å²) < 4.78 is 5.57. The Bertz CT molecular complexity index is 626. The van der Waals surface area contributed by atoms with E-state index >= 15 is 0 Å². The van der Waals surface area contributed by atoms with Crippen LogP contribution in [0.15, 0.2) is 42.6 Å². The van der Waals surface area contributed by atoms with Crippen LogP contribution >= 0.6 is 0 Å². The first-order valence-electron chi connectivity index (χ1n) is 6.08. The van der Waals surface area contributed by atoms with Crippen molar-refractivity contribution in [2.45, 2.75) is 13.5 Å². The van der Waals surface area contributed by atoms with Gasteiger partial charge in [0, 0.05) is 18.8 Å². The number of hydrogen-bond acceptors (Lipinski definition) is 4. The number of nitrogens with zero attached hydrogens (tertiary/aromatic N) is 1. The zero-order chi connectivity index (χ0) is 14.4. The third kappa shape index (κ3) is 3.65. The zero-order valence-electron chi connectivity index (χ0n) is 11.0. The van der Waals surface area contributed by atoms with Crippen molar-refractivity contribution in [2.24, 2.45) is 0 Å². The molecule has 1 heterocycles. The highest BCUT2D eigenvalue weighted by atomic mass is 16.5. The fraction of sp³-hybridized carbons (Fsp3) is 0.133. The summed E-state index contributed by atoms with van der Waals surface area (Å²) in [6.07, 6.45) is 2.19. The molecule has 5 nitrogen and oxygen atoms in total. The van der Waals surface area contributed by atoms with Gasteiger partial charge in [-0.15, -0.1) is 0 Å². The van der Waals surface area contributed by atoms with Gasteiger partial charge in [0.1, 0.15) is 18.1 Å². The molecule has 0 aliphatic carbocycles. The van der Waals surface area contributed by atoms with Crippen LogP contribution in [0.25, 0.3) is 0 Å². The number of amides is 1. The van der Waals surface area contributed by atoms with E-state index in [1.54, 1.807) is 18.2 Å². The normalized spacial score (nSPS) is 9.85. The highest BCUT2D eigenvalue weighted by Gasteiger charge is 2.04. The molecular weight excluding hydrogens is 256 g/mol. The predicted octanol–water partition coefficient (Wildman–Crippen LogP) is 2.43. The lowest BCUT2D eigenvalue weighted by Gasteiger charge is -2.09. The molecule has 0 saturated carbocycles. The van der Waals surface area contributed by atoms with Crippen LogP contribution in [-0.2, 0) is 11.4 Å². The lowest BCUT2D eigenvalue weighted by atomic mass is 10.2. The van der Waals surface area contributed by atoms with Crippen LogP contribution in [-0.4, -0.2) is 17.2 Å². The SMILES string of the molecule is CC(=O)Nc1cccc(COc2cccnc2C=O)c1. The van der Waals surface area contributed by atoms with Gasteiger partial charge in [-0.05, 0) is 29.8 Å². The maximum Gasteiger partial charge on any atom is 0.221 e. The number of aldehydes is 1. The highest BCUT2D eigenvalue weighted by Crippen LogP contribution is 2.17. The number of nitrogens with one attached hydrogen (secondary N) is 1. The van der Waals surface area contributed by atoms with Crippen LogP contribution < -0.4 is 10.1 Å². The van der Waals surface area contributed by atoms with Gasteiger partial charge >= 0.3 is 0 Å². The Hall–Kier alpha value is -2.69. The van der Waals surface area contributed by atoms with Crippen molar-refractivity contribution >= 4 is 17.9 Å². The van der Waals surface area contributed by atoms with Crippen molar-refractivity contribution in [1.29, 1.82) is 0 Å². The van der Waals surface area contributed by atoms with Crippen LogP contribution in [0.4, 0.5) is 5.69 Å². The number of ether oxygens (including phenoxy) is 1. The summed E-state index contributed by atoms with van der Waals surface area (Å²) in [7, 11) is 0. The van der Waals surface area contributed by atoms with Gasteiger partial charge in [0.05, 0.1) is 0 Å². The average Bonchev–Trinajstić information content (AvgIpc) is 2.45. The lowest BCUT2D eigenvalue weighted by molar-refractivity contribution is -0.114. The summed E-state index contributed by atoms with van der Waals surface area (Å²) in [6.45, 7) is 1.75. The van der Waals surface area contributed by atoms with Gasteiger partial charge < -0.3 is 10.1 Å². The third-order valence-corrected chi connectivity index (χ3v) is 2.55. The predicted molar refractivity (Wildman–Crippen MR) is 74.7 cm³/mol. The minimum atomic E-state index is -0.126. The molecule has 0 bridgehead atoms. The molecule has 102 valence electrons. The smallest absolute Gasteiger partial charge is 0.221 e. The minimum absolute atomic E-state index is 0.126. The van der Waals surface area contributed by atoms with E-state index < -0.39 is 0 Å². The van der Waals surface area contributed by atoms with Gasteiger partial charge in [-0.1, -0.05) is 12.1 Å². The molecule has 0 unspecified atom stereocenters. The molecule has 20 heavy (non-hydrogen) atoms. The first kappa shape index (κ1) is 13.7. The molecule has 1 amide bonds. The summed E-state index contributed by atoms with van der Waals surface area (Å²) in [5.41, 5.74) is 1.86. The summed E-state index contributed by atoms with van der Waals surface area (Å²) in [5, 5.41) is 2.70. The molecule has 1 aromatic carbocycles. The van der Waals surface area contributed by atoms with Gasteiger partial charge in [-0.25, -0.2) is 4.98 Å². The number of rotatable bonds is 5. The van der Waals surface area contributed by atoms with Crippen molar-refractivity contribution in [3.05, 3.63) is 53.9 Å². The molecule has 1 aromatic heterocycles. The number of pyridine rings is 1. The van der Waals surface area contributed by atoms with E-state index in [0.29, 0.717) is 24.3 Å². The van der Waals surface area contributed by atoms with Crippen molar-refractivity contribution in [1.82, 2.24) is 4.98 Å². The Morgan fingerprint density at radius 1 is 1.35 bits per heavy atom. The Morgan fingerprint density at radius 2 is 2.20 bits per heavy atom. The molecule has 2 aromatic rings. The molecule has 0 aliphatic rings. The van der Waals surface area contributed by atoms with Crippen molar-refractivity contribution in [3.63, 3.8) is 0 Å². The number of aromatic nitrogens is 1. The van der Waals surface area contributed by atoms with Gasteiger partial charge in [0.2, 0.25) is 5.91 Å². The topological polar surface area (TPSA) is 68.3 Å². The molecule has 5 heteroatoms. The fourth-order valence-electron chi connectivity index (χ4n) is 1.72.